The second-order valence-electron chi connectivity index (χ2n) is 5.25. The van der Waals surface area contributed by atoms with Crippen LogP contribution in [0.1, 0.15) is 33.1 Å². The summed E-state index contributed by atoms with van der Waals surface area (Å²) >= 11 is 11.8. The number of amidine groups is 1. The smallest absolute Gasteiger partial charge is 0.144 e. The van der Waals surface area contributed by atoms with Crippen LogP contribution in [0.3, 0.4) is 0 Å². The van der Waals surface area contributed by atoms with Gasteiger partial charge in [0.1, 0.15) is 11.6 Å². The molecule has 6 heteroatoms. The molecule has 3 N–H and O–H groups in total. The first-order valence-corrected chi connectivity index (χ1v) is 7.18. The molecule has 0 aromatic heterocycles. The molecular weight excluding hydrogens is 299 g/mol. The number of ether oxygens (including phenoxy) is 1. The zero-order valence-corrected chi connectivity index (χ0v) is 13.2. The molecule has 1 aromatic rings. The normalized spacial score (nSPS) is 12.5. The van der Waals surface area contributed by atoms with E-state index in [0.29, 0.717) is 22.4 Å². The second kappa shape index (κ2) is 7.60. The van der Waals surface area contributed by atoms with Crippen molar-refractivity contribution in [2.24, 2.45) is 16.3 Å². The van der Waals surface area contributed by atoms with Crippen LogP contribution >= 0.6 is 23.2 Å². The fraction of sp³-hybridized carbons (Fsp3) is 0.500. The summed E-state index contributed by atoms with van der Waals surface area (Å²) < 4.78 is 5.59. The van der Waals surface area contributed by atoms with E-state index in [2.05, 4.69) is 5.16 Å². The van der Waals surface area contributed by atoms with Crippen molar-refractivity contribution in [3.8, 4) is 5.75 Å². The predicted molar refractivity (Wildman–Crippen MR) is 83.0 cm³/mol. The Kier molecular flexibility index (Phi) is 6.43. The van der Waals surface area contributed by atoms with Gasteiger partial charge in [-0.3, -0.25) is 0 Å². The lowest BCUT2D eigenvalue weighted by atomic mass is 9.86. The van der Waals surface area contributed by atoms with Crippen LogP contribution in [0, 0.1) is 5.41 Å². The fourth-order valence-corrected chi connectivity index (χ4v) is 2.17. The molecule has 0 unspecified atom stereocenters. The number of hydrogen-bond donors (Lipinski definition) is 2. The molecule has 0 saturated carbocycles. The van der Waals surface area contributed by atoms with Gasteiger partial charge in [-0.2, -0.15) is 0 Å². The van der Waals surface area contributed by atoms with E-state index in [-0.39, 0.29) is 11.3 Å². The molecule has 4 nitrogen and oxygen atoms in total. The first kappa shape index (κ1) is 16.9. The van der Waals surface area contributed by atoms with E-state index in [0.717, 1.165) is 19.3 Å². The summed E-state index contributed by atoms with van der Waals surface area (Å²) in [6.45, 7) is 4.45. The van der Waals surface area contributed by atoms with E-state index < -0.39 is 0 Å². The molecule has 20 heavy (non-hydrogen) atoms. The maximum absolute atomic E-state index is 8.69. The Morgan fingerprint density at radius 1 is 1.35 bits per heavy atom. The number of nitrogens with two attached hydrogens (primary N) is 1. The number of oxime groups is 1. The van der Waals surface area contributed by atoms with Crippen LogP contribution in [0.4, 0.5) is 0 Å². The van der Waals surface area contributed by atoms with E-state index in [4.69, 9.17) is 38.9 Å². The van der Waals surface area contributed by atoms with Gasteiger partial charge in [-0.25, -0.2) is 0 Å². The van der Waals surface area contributed by atoms with Crippen molar-refractivity contribution < 1.29 is 9.94 Å². The third-order valence-electron chi connectivity index (χ3n) is 3.15. The Balaban J connectivity index is 2.32. The van der Waals surface area contributed by atoms with Gasteiger partial charge in [0.15, 0.2) is 0 Å². The van der Waals surface area contributed by atoms with Crippen LogP contribution in [0.5, 0.6) is 5.75 Å². The molecule has 0 aliphatic rings. The molecule has 0 aliphatic heterocycles. The van der Waals surface area contributed by atoms with Gasteiger partial charge in [-0.15, -0.1) is 0 Å². The standard InChI is InChI=1S/C14H20Cl2N2O2/c1-14(2,13(17)18-19)7-3-4-8-20-12-6-5-10(15)9-11(12)16/h5-6,9,19H,3-4,7-8H2,1-2H3,(H2,17,18). The van der Waals surface area contributed by atoms with Gasteiger partial charge in [-0.05, 0) is 37.5 Å². The number of halogens is 2. The maximum Gasteiger partial charge on any atom is 0.144 e. The first-order chi connectivity index (χ1) is 9.36. The zero-order chi connectivity index (χ0) is 15.2. The Labute approximate surface area is 129 Å². The maximum atomic E-state index is 8.69. The number of benzene rings is 1. The van der Waals surface area contributed by atoms with Crippen LogP contribution in [0.15, 0.2) is 23.4 Å². The fourth-order valence-electron chi connectivity index (χ4n) is 1.71. The van der Waals surface area contributed by atoms with Crippen molar-refractivity contribution in [3.63, 3.8) is 0 Å². The highest BCUT2D eigenvalue weighted by molar-refractivity contribution is 6.35. The average molecular weight is 319 g/mol. The molecule has 112 valence electrons. The highest BCUT2D eigenvalue weighted by Gasteiger charge is 2.22. The Hall–Kier alpha value is -1.13. The third kappa shape index (κ3) is 5.10. The lowest BCUT2D eigenvalue weighted by Crippen LogP contribution is -2.31. The van der Waals surface area contributed by atoms with Crippen molar-refractivity contribution in [3.05, 3.63) is 28.2 Å². The van der Waals surface area contributed by atoms with Crippen molar-refractivity contribution in [2.45, 2.75) is 33.1 Å². The minimum Gasteiger partial charge on any atom is -0.492 e. The second-order valence-corrected chi connectivity index (χ2v) is 6.09. The van der Waals surface area contributed by atoms with Crippen molar-refractivity contribution in [1.29, 1.82) is 0 Å². The van der Waals surface area contributed by atoms with Crippen LogP contribution in [-0.4, -0.2) is 17.6 Å². The zero-order valence-electron chi connectivity index (χ0n) is 11.7. The highest BCUT2D eigenvalue weighted by Crippen LogP contribution is 2.28. The van der Waals surface area contributed by atoms with E-state index in [1.165, 1.54) is 0 Å². The summed E-state index contributed by atoms with van der Waals surface area (Å²) in [5.41, 5.74) is 5.32. The third-order valence-corrected chi connectivity index (χ3v) is 3.68. The molecule has 0 amide bonds. The molecule has 0 saturated heterocycles. The monoisotopic (exact) mass is 318 g/mol. The summed E-state index contributed by atoms with van der Waals surface area (Å²) in [6, 6.07) is 5.15. The molecular formula is C14H20Cl2N2O2. The Bertz CT molecular complexity index is 476. The molecule has 0 aliphatic carbocycles. The van der Waals surface area contributed by atoms with Gasteiger partial charge in [-0.1, -0.05) is 42.2 Å². The van der Waals surface area contributed by atoms with Gasteiger partial charge in [0.05, 0.1) is 11.6 Å². The van der Waals surface area contributed by atoms with Crippen LogP contribution in [0.25, 0.3) is 0 Å². The molecule has 0 radical (unpaired) electrons. The Morgan fingerprint density at radius 2 is 2.05 bits per heavy atom. The van der Waals surface area contributed by atoms with Gasteiger partial charge >= 0.3 is 0 Å². The number of hydrogen-bond acceptors (Lipinski definition) is 3. The Morgan fingerprint density at radius 3 is 2.65 bits per heavy atom. The van der Waals surface area contributed by atoms with Crippen molar-refractivity contribution >= 4 is 29.0 Å². The molecule has 0 atom stereocenters. The highest BCUT2D eigenvalue weighted by atomic mass is 35.5. The first-order valence-electron chi connectivity index (χ1n) is 6.42. The van der Waals surface area contributed by atoms with E-state index in [1.54, 1.807) is 18.2 Å². The van der Waals surface area contributed by atoms with Gasteiger partial charge in [0.25, 0.3) is 0 Å². The minimum atomic E-state index is -0.313. The summed E-state index contributed by atoms with van der Waals surface area (Å²) in [5, 5.41) is 12.8. The van der Waals surface area contributed by atoms with Crippen LogP contribution in [-0.2, 0) is 0 Å². The molecule has 1 aromatic carbocycles. The number of nitrogens with zero attached hydrogens (tertiary/aromatic N) is 1. The van der Waals surface area contributed by atoms with Gasteiger partial charge < -0.3 is 15.7 Å². The molecule has 0 spiro atoms. The van der Waals surface area contributed by atoms with Crippen LogP contribution in [0.2, 0.25) is 10.0 Å². The summed E-state index contributed by atoms with van der Waals surface area (Å²) in [5.74, 6) is 0.880. The van der Waals surface area contributed by atoms with E-state index in [1.807, 2.05) is 13.8 Å². The number of rotatable bonds is 7. The molecule has 0 bridgehead atoms. The summed E-state index contributed by atoms with van der Waals surface area (Å²) in [4.78, 5) is 0. The molecule has 0 fully saturated rings. The SMILES string of the molecule is CC(C)(CCCCOc1ccc(Cl)cc1Cl)/C(N)=N/O. The predicted octanol–water partition coefficient (Wildman–Crippen LogP) is 4.32. The van der Waals surface area contributed by atoms with Crippen molar-refractivity contribution in [2.75, 3.05) is 6.61 Å². The average Bonchev–Trinajstić information content (AvgIpc) is 2.39. The topological polar surface area (TPSA) is 67.8 Å². The van der Waals surface area contributed by atoms with E-state index in [9.17, 15) is 0 Å². The van der Waals surface area contributed by atoms with E-state index >= 15 is 0 Å². The van der Waals surface area contributed by atoms with Crippen molar-refractivity contribution in [1.82, 2.24) is 0 Å². The van der Waals surface area contributed by atoms with Crippen LogP contribution < -0.4 is 10.5 Å². The number of unbranched alkanes of at least 4 members (excludes halogenated alkanes) is 1. The minimum absolute atomic E-state index is 0.249. The summed E-state index contributed by atoms with van der Waals surface area (Å²) in [6.07, 6.45) is 2.59. The lowest BCUT2D eigenvalue weighted by Gasteiger charge is -2.22. The molecule has 0 heterocycles. The quantitative estimate of drug-likeness (QED) is 0.259. The lowest BCUT2D eigenvalue weighted by molar-refractivity contribution is 0.288. The molecule has 1 rings (SSSR count). The summed E-state index contributed by atoms with van der Waals surface area (Å²) in [7, 11) is 0. The van der Waals surface area contributed by atoms with Gasteiger partial charge in [0, 0.05) is 10.4 Å². The largest absolute Gasteiger partial charge is 0.492 e. The van der Waals surface area contributed by atoms with Gasteiger partial charge in [0.2, 0.25) is 0 Å².